The van der Waals surface area contributed by atoms with Crippen molar-refractivity contribution < 1.29 is 0 Å². The lowest BCUT2D eigenvalue weighted by Gasteiger charge is -2.37. The van der Waals surface area contributed by atoms with Gasteiger partial charge in [0.2, 0.25) is 0 Å². The molecule has 1 aliphatic rings. The fraction of sp³-hybridized carbons (Fsp3) is 0.333. The summed E-state index contributed by atoms with van der Waals surface area (Å²) in [5.74, 6) is 0. The summed E-state index contributed by atoms with van der Waals surface area (Å²) >= 11 is 0. The molecule has 110 valence electrons. The molecule has 1 aliphatic heterocycles. The number of likely N-dealkylation sites (N-methyl/N-ethyl adjacent to an activating group) is 1. The van der Waals surface area contributed by atoms with Gasteiger partial charge in [-0.2, -0.15) is 0 Å². The molecular weight excluding hydrogens is 258 g/mol. The van der Waals surface area contributed by atoms with Crippen LogP contribution in [0.15, 0.2) is 42.5 Å². The Balaban J connectivity index is 2.00. The first kappa shape index (κ1) is 14.0. The molecule has 1 N–H and O–H groups in total. The summed E-state index contributed by atoms with van der Waals surface area (Å²) in [5.41, 5.74) is 6.59. The molecule has 1 heterocycles. The summed E-state index contributed by atoms with van der Waals surface area (Å²) < 4.78 is 0. The topological polar surface area (TPSA) is 18.5 Å². The molecule has 0 unspecified atom stereocenters. The predicted molar refractivity (Wildman–Crippen MR) is 90.7 cm³/mol. The highest BCUT2D eigenvalue weighted by Crippen LogP contribution is 2.38. The SMILES string of the molecule is CNCc1ccc(N2CCN(C)c3ccccc32)c(C)c1. The molecule has 0 spiro atoms. The number of fused-ring (bicyclic) bond motifs is 1. The number of nitrogens with zero attached hydrogens (tertiary/aromatic N) is 2. The van der Waals surface area contributed by atoms with Crippen LogP contribution < -0.4 is 15.1 Å². The normalized spacial score (nSPS) is 14.2. The highest BCUT2D eigenvalue weighted by molar-refractivity contribution is 5.80. The van der Waals surface area contributed by atoms with E-state index < -0.39 is 0 Å². The van der Waals surface area contributed by atoms with Crippen LogP contribution >= 0.6 is 0 Å². The Morgan fingerprint density at radius 2 is 1.76 bits per heavy atom. The van der Waals surface area contributed by atoms with Gasteiger partial charge in [-0.15, -0.1) is 0 Å². The highest BCUT2D eigenvalue weighted by atomic mass is 15.3. The van der Waals surface area contributed by atoms with Crippen molar-refractivity contribution in [3.63, 3.8) is 0 Å². The molecular formula is C18H23N3. The second kappa shape index (κ2) is 5.78. The lowest BCUT2D eigenvalue weighted by Crippen LogP contribution is -2.36. The maximum absolute atomic E-state index is 3.21. The number of anilines is 3. The number of nitrogens with one attached hydrogen (secondary N) is 1. The van der Waals surface area contributed by atoms with Gasteiger partial charge in [-0.25, -0.2) is 0 Å². The predicted octanol–water partition coefficient (Wildman–Crippen LogP) is 3.30. The summed E-state index contributed by atoms with van der Waals surface area (Å²) in [6, 6.07) is 15.4. The molecule has 2 aromatic carbocycles. The molecule has 0 radical (unpaired) electrons. The Morgan fingerprint density at radius 3 is 2.48 bits per heavy atom. The summed E-state index contributed by atoms with van der Waals surface area (Å²) in [6.07, 6.45) is 0. The monoisotopic (exact) mass is 281 g/mol. The van der Waals surface area contributed by atoms with Gasteiger partial charge >= 0.3 is 0 Å². The lowest BCUT2D eigenvalue weighted by atomic mass is 10.1. The molecule has 3 nitrogen and oxygen atoms in total. The molecule has 21 heavy (non-hydrogen) atoms. The Morgan fingerprint density at radius 1 is 1.00 bits per heavy atom. The van der Waals surface area contributed by atoms with E-state index >= 15 is 0 Å². The van der Waals surface area contributed by atoms with E-state index in [-0.39, 0.29) is 0 Å². The summed E-state index contributed by atoms with van der Waals surface area (Å²) in [5, 5.41) is 3.21. The van der Waals surface area contributed by atoms with Crippen molar-refractivity contribution in [3.05, 3.63) is 53.6 Å². The smallest absolute Gasteiger partial charge is 0.0649 e. The first-order valence-electron chi connectivity index (χ1n) is 7.52. The fourth-order valence-corrected chi connectivity index (χ4v) is 3.09. The van der Waals surface area contributed by atoms with Crippen molar-refractivity contribution in [2.24, 2.45) is 0 Å². The molecule has 0 fully saturated rings. The maximum atomic E-state index is 3.21. The third-order valence-corrected chi connectivity index (χ3v) is 4.18. The quantitative estimate of drug-likeness (QED) is 0.931. The van der Waals surface area contributed by atoms with Crippen molar-refractivity contribution >= 4 is 17.1 Å². The molecule has 3 heteroatoms. The van der Waals surface area contributed by atoms with E-state index in [2.05, 4.69) is 71.6 Å². The number of benzene rings is 2. The minimum absolute atomic E-state index is 0.917. The van der Waals surface area contributed by atoms with Gasteiger partial charge in [-0.05, 0) is 43.3 Å². The van der Waals surface area contributed by atoms with E-state index in [0.717, 1.165) is 19.6 Å². The third kappa shape index (κ3) is 2.61. The first-order valence-corrected chi connectivity index (χ1v) is 7.52. The zero-order valence-corrected chi connectivity index (χ0v) is 13.1. The molecule has 3 rings (SSSR count). The van der Waals surface area contributed by atoms with Crippen LogP contribution in [0.3, 0.4) is 0 Å². The van der Waals surface area contributed by atoms with Crippen molar-refractivity contribution in [3.8, 4) is 0 Å². The standard InChI is InChI=1S/C18H23N3/c1-14-12-15(13-19-2)8-9-16(14)21-11-10-20(3)17-6-4-5-7-18(17)21/h4-9,12,19H,10-11,13H2,1-3H3. The van der Waals surface area contributed by atoms with Crippen LogP contribution in [0.25, 0.3) is 0 Å². The minimum Gasteiger partial charge on any atom is -0.371 e. The van der Waals surface area contributed by atoms with E-state index in [1.807, 2.05) is 7.05 Å². The third-order valence-electron chi connectivity index (χ3n) is 4.18. The Kier molecular flexibility index (Phi) is 3.84. The Labute approximate surface area is 127 Å². The van der Waals surface area contributed by atoms with Crippen molar-refractivity contribution in [2.75, 3.05) is 37.0 Å². The van der Waals surface area contributed by atoms with Gasteiger partial charge < -0.3 is 15.1 Å². The number of rotatable bonds is 3. The highest BCUT2D eigenvalue weighted by Gasteiger charge is 2.21. The van der Waals surface area contributed by atoms with E-state index in [1.54, 1.807) is 0 Å². The lowest BCUT2D eigenvalue weighted by molar-refractivity contribution is 0.810. The zero-order valence-electron chi connectivity index (χ0n) is 13.1. The van der Waals surface area contributed by atoms with E-state index in [0.29, 0.717) is 0 Å². The van der Waals surface area contributed by atoms with Crippen molar-refractivity contribution in [1.82, 2.24) is 5.32 Å². The van der Waals surface area contributed by atoms with Crippen LogP contribution in [-0.4, -0.2) is 27.2 Å². The van der Waals surface area contributed by atoms with Crippen LogP contribution in [0.5, 0.6) is 0 Å². The minimum atomic E-state index is 0.917. The molecule has 0 saturated carbocycles. The van der Waals surface area contributed by atoms with Crippen LogP contribution in [0.1, 0.15) is 11.1 Å². The van der Waals surface area contributed by atoms with E-state index in [1.165, 1.54) is 28.2 Å². The number of aryl methyl sites for hydroxylation is 1. The fourth-order valence-electron chi connectivity index (χ4n) is 3.09. The van der Waals surface area contributed by atoms with Gasteiger partial charge in [0.25, 0.3) is 0 Å². The number of hydrogen-bond acceptors (Lipinski definition) is 3. The second-order valence-corrected chi connectivity index (χ2v) is 5.71. The van der Waals surface area contributed by atoms with Gasteiger partial charge in [-0.3, -0.25) is 0 Å². The van der Waals surface area contributed by atoms with Crippen LogP contribution in [0, 0.1) is 6.92 Å². The average Bonchev–Trinajstić information content (AvgIpc) is 2.49. The molecule has 0 saturated heterocycles. The molecule has 0 bridgehead atoms. The molecule has 0 atom stereocenters. The number of para-hydroxylation sites is 2. The summed E-state index contributed by atoms with van der Waals surface area (Å²) in [7, 11) is 4.15. The molecule has 0 aromatic heterocycles. The van der Waals surface area contributed by atoms with Crippen LogP contribution in [0.4, 0.5) is 17.1 Å². The van der Waals surface area contributed by atoms with Crippen LogP contribution in [0.2, 0.25) is 0 Å². The van der Waals surface area contributed by atoms with E-state index in [4.69, 9.17) is 0 Å². The van der Waals surface area contributed by atoms with Crippen molar-refractivity contribution in [1.29, 1.82) is 0 Å². The maximum Gasteiger partial charge on any atom is 0.0649 e. The average molecular weight is 281 g/mol. The molecule has 0 aliphatic carbocycles. The van der Waals surface area contributed by atoms with Crippen molar-refractivity contribution in [2.45, 2.75) is 13.5 Å². The van der Waals surface area contributed by atoms with Gasteiger partial charge in [0.05, 0.1) is 11.4 Å². The van der Waals surface area contributed by atoms with Gasteiger partial charge in [-0.1, -0.05) is 24.3 Å². The molecule has 0 amide bonds. The Bertz CT molecular complexity index is 636. The first-order chi connectivity index (χ1) is 10.2. The summed E-state index contributed by atoms with van der Waals surface area (Å²) in [6.45, 7) is 5.20. The molecule has 2 aromatic rings. The number of hydrogen-bond donors (Lipinski definition) is 1. The van der Waals surface area contributed by atoms with Gasteiger partial charge in [0.1, 0.15) is 0 Å². The van der Waals surface area contributed by atoms with Gasteiger partial charge in [0, 0.05) is 32.4 Å². The van der Waals surface area contributed by atoms with Crippen LogP contribution in [-0.2, 0) is 6.54 Å². The summed E-state index contributed by atoms with van der Waals surface area (Å²) in [4.78, 5) is 4.77. The Hall–Kier alpha value is -2.00. The second-order valence-electron chi connectivity index (χ2n) is 5.71. The van der Waals surface area contributed by atoms with Gasteiger partial charge in [0.15, 0.2) is 0 Å². The zero-order chi connectivity index (χ0) is 14.8. The van der Waals surface area contributed by atoms with E-state index in [9.17, 15) is 0 Å². The largest absolute Gasteiger partial charge is 0.371 e.